The van der Waals surface area contributed by atoms with Crippen LogP contribution < -0.4 is 16.8 Å². The van der Waals surface area contributed by atoms with E-state index in [1.54, 1.807) is 0 Å². The molecule has 0 radical (unpaired) electrons. The number of amides is 3. The second-order valence-electron chi connectivity index (χ2n) is 5.56. The van der Waals surface area contributed by atoms with Gasteiger partial charge in [0.05, 0.1) is 6.54 Å². The summed E-state index contributed by atoms with van der Waals surface area (Å²) < 4.78 is 36.4. The van der Waals surface area contributed by atoms with Crippen LogP contribution >= 0.6 is 11.3 Å². The highest BCUT2D eigenvalue weighted by Gasteiger charge is 2.54. The fourth-order valence-corrected chi connectivity index (χ4v) is 3.75. The number of ether oxygens (including phenoxy) is 1. The van der Waals surface area contributed by atoms with Gasteiger partial charge < -0.3 is 26.4 Å². The van der Waals surface area contributed by atoms with Crippen LogP contribution in [-0.2, 0) is 29.5 Å². The highest BCUT2D eigenvalue weighted by molar-refractivity contribution is 7.84. The number of nitrogen functional groups attached to an aromatic ring is 1. The first-order valence-electron chi connectivity index (χ1n) is 8.02. The van der Waals surface area contributed by atoms with Gasteiger partial charge in [0.2, 0.25) is 0 Å². The molecule has 17 nitrogen and oxygen atoms in total. The molecule has 31 heavy (non-hydrogen) atoms. The molecule has 2 rings (SSSR count). The Morgan fingerprint density at radius 2 is 2.19 bits per heavy atom. The summed E-state index contributed by atoms with van der Waals surface area (Å²) in [4.78, 5) is 46.9. The van der Waals surface area contributed by atoms with Crippen molar-refractivity contribution in [3.63, 3.8) is 0 Å². The maximum absolute atomic E-state index is 12.7. The minimum atomic E-state index is -4.99. The molecule has 0 aliphatic carbocycles. The van der Waals surface area contributed by atoms with Crippen molar-refractivity contribution < 1.29 is 36.9 Å². The van der Waals surface area contributed by atoms with Gasteiger partial charge in [0, 0.05) is 10.3 Å². The third-order valence-corrected chi connectivity index (χ3v) is 5.20. The van der Waals surface area contributed by atoms with Gasteiger partial charge in [-0.05, 0) is 5.53 Å². The van der Waals surface area contributed by atoms with Crippen LogP contribution in [0.2, 0.25) is 0 Å². The van der Waals surface area contributed by atoms with Gasteiger partial charge in [0.25, 0.3) is 11.8 Å². The first kappa shape index (κ1) is 23.6. The van der Waals surface area contributed by atoms with Crippen LogP contribution in [0.1, 0.15) is 5.69 Å². The number of aromatic nitrogens is 1. The van der Waals surface area contributed by atoms with E-state index in [9.17, 15) is 22.8 Å². The normalized spacial score (nSPS) is 18.5. The maximum atomic E-state index is 12.7. The van der Waals surface area contributed by atoms with Crippen molar-refractivity contribution >= 4 is 50.4 Å². The lowest BCUT2D eigenvalue weighted by molar-refractivity contribution is -0.146. The number of hydrogen-bond donors (Lipinski definition) is 4. The van der Waals surface area contributed by atoms with E-state index in [-0.39, 0.29) is 28.3 Å². The van der Waals surface area contributed by atoms with Crippen molar-refractivity contribution in [1.29, 1.82) is 0 Å². The minimum absolute atomic E-state index is 0.0212. The van der Waals surface area contributed by atoms with Gasteiger partial charge >= 0.3 is 16.4 Å². The van der Waals surface area contributed by atoms with E-state index >= 15 is 0 Å². The summed E-state index contributed by atoms with van der Waals surface area (Å²) in [7, 11) is -4.99. The molecule has 1 aliphatic heterocycles. The van der Waals surface area contributed by atoms with Gasteiger partial charge in [-0.3, -0.25) is 14.1 Å². The minimum Gasteiger partial charge on any atom is -0.447 e. The first-order valence-corrected chi connectivity index (χ1v) is 10.3. The Kier molecular flexibility index (Phi) is 7.53. The van der Waals surface area contributed by atoms with Crippen LogP contribution in [0.4, 0.5) is 9.93 Å². The number of thiazole rings is 1. The molecule has 1 aliphatic rings. The number of anilines is 1. The number of oxime groups is 1. The van der Waals surface area contributed by atoms with Crippen LogP contribution in [0.15, 0.2) is 15.7 Å². The summed E-state index contributed by atoms with van der Waals surface area (Å²) in [5, 5.41) is 10.5. The predicted octanol–water partition coefficient (Wildman–Crippen LogP) is -1.65. The second-order valence-corrected chi connectivity index (χ2v) is 7.74. The van der Waals surface area contributed by atoms with Crippen molar-refractivity contribution in [2.24, 2.45) is 16.0 Å². The summed E-state index contributed by atoms with van der Waals surface area (Å²) in [5.41, 5.74) is 18.1. The largest absolute Gasteiger partial charge is 0.447 e. The highest BCUT2D eigenvalue weighted by Crippen LogP contribution is 2.24. The number of azide groups is 1. The van der Waals surface area contributed by atoms with E-state index in [0.29, 0.717) is 0 Å². The SMILES string of the molecule is [N-]=[N+]=NCCON=C(C(=O)NC1C(=O)N(S(=O)(=O)O)C1COC(N)=O)c1csc(N)n1. The van der Waals surface area contributed by atoms with E-state index in [1.165, 1.54) is 5.38 Å². The van der Waals surface area contributed by atoms with Gasteiger partial charge in [0.15, 0.2) is 10.8 Å². The van der Waals surface area contributed by atoms with E-state index in [0.717, 1.165) is 11.3 Å². The highest BCUT2D eigenvalue weighted by atomic mass is 32.2. The van der Waals surface area contributed by atoms with Crippen molar-refractivity contribution in [2.45, 2.75) is 12.1 Å². The average molecular weight is 477 g/mol. The third-order valence-electron chi connectivity index (χ3n) is 3.58. The van der Waals surface area contributed by atoms with Crippen molar-refractivity contribution in [2.75, 3.05) is 25.5 Å². The molecule has 19 heteroatoms. The molecule has 2 unspecified atom stereocenters. The Labute approximate surface area is 177 Å². The van der Waals surface area contributed by atoms with E-state index < -0.39 is 52.6 Å². The lowest BCUT2D eigenvalue weighted by atomic mass is 9.99. The smallest absolute Gasteiger partial charge is 0.404 e. The fraction of sp³-hybridized carbons (Fsp3) is 0.417. The zero-order valence-electron chi connectivity index (χ0n) is 15.3. The summed E-state index contributed by atoms with van der Waals surface area (Å²) in [5.74, 6) is -2.22. The summed E-state index contributed by atoms with van der Waals surface area (Å²) in [6.07, 6.45) is -1.27. The van der Waals surface area contributed by atoms with Crippen molar-refractivity contribution in [3.8, 4) is 0 Å². The molecule has 0 spiro atoms. The zero-order valence-corrected chi connectivity index (χ0v) is 16.9. The number of nitrogens with two attached hydrogens (primary N) is 2. The van der Waals surface area contributed by atoms with E-state index in [4.69, 9.17) is 26.4 Å². The monoisotopic (exact) mass is 477 g/mol. The average Bonchev–Trinajstić information content (AvgIpc) is 3.10. The number of carbonyl (C=O) groups excluding carboxylic acids is 3. The van der Waals surface area contributed by atoms with Crippen LogP contribution in [0, 0.1) is 0 Å². The molecule has 2 atom stereocenters. The van der Waals surface area contributed by atoms with Crippen molar-refractivity contribution in [3.05, 3.63) is 21.5 Å². The number of nitrogens with zero attached hydrogens (tertiary/aromatic N) is 6. The Balaban J connectivity index is 2.21. The standard InChI is InChI=1S/C12H15N9O8S2/c13-11-17-5(4-30-11)7(19-29-2-1-16-20-15)9(22)18-8-6(3-28-12(14)24)21(10(8)23)31(25,26)27/h4,6,8H,1-3H2,(H2,13,17)(H2,14,24)(H,18,22)(H,25,26,27). The maximum Gasteiger partial charge on any atom is 0.404 e. The van der Waals surface area contributed by atoms with Gasteiger partial charge in [0.1, 0.15) is 31.0 Å². The quantitative estimate of drug-likeness (QED) is 0.0435. The summed E-state index contributed by atoms with van der Waals surface area (Å²) in [6, 6.07) is -2.98. The number of carbonyl (C=O) groups is 3. The number of nitrogens with one attached hydrogen (secondary N) is 1. The Bertz CT molecular complexity index is 1050. The molecule has 1 aromatic rings. The Hall–Kier alpha value is -3.67. The van der Waals surface area contributed by atoms with Crippen LogP contribution in [0.3, 0.4) is 0 Å². The molecular formula is C12H15N9O8S2. The lowest BCUT2D eigenvalue weighted by Crippen LogP contribution is -2.73. The molecule has 1 aromatic heterocycles. The zero-order chi connectivity index (χ0) is 23.2. The van der Waals surface area contributed by atoms with Gasteiger partial charge in [-0.25, -0.2) is 14.1 Å². The molecule has 6 N–H and O–H groups in total. The summed E-state index contributed by atoms with van der Waals surface area (Å²) in [6.45, 7) is -1.01. The molecule has 3 amide bonds. The van der Waals surface area contributed by atoms with Crippen LogP contribution in [0.5, 0.6) is 0 Å². The topological polar surface area (TPSA) is 265 Å². The van der Waals surface area contributed by atoms with Gasteiger partial charge in [-0.1, -0.05) is 10.3 Å². The van der Waals surface area contributed by atoms with Crippen LogP contribution in [-0.4, -0.2) is 77.7 Å². The summed E-state index contributed by atoms with van der Waals surface area (Å²) >= 11 is 0.977. The first-order chi connectivity index (χ1) is 14.6. The van der Waals surface area contributed by atoms with E-state index in [1.807, 2.05) is 0 Å². The molecule has 1 fully saturated rings. The number of rotatable bonds is 10. The van der Waals surface area contributed by atoms with Gasteiger partial charge in [-0.15, -0.1) is 11.3 Å². The fourth-order valence-electron chi connectivity index (χ4n) is 2.34. The number of primary amides is 1. The lowest BCUT2D eigenvalue weighted by Gasteiger charge is -2.43. The molecular weight excluding hydrogens is 462 g/mol. The van der Waals surface area contributed by atoms with Crippen molar-refractivity contribution in [1.82, 2.24) is 14.6 Å². The molecule has 0 bridgehead atoms. The predicted molar refractivity (Wildman–Crippen MR) is 103 cm³/mol. The number of hydrogen-bond acceptors (Lipinski definition) is 12. The number of β-lactam (4-membered cyclic amide) rings is 1. The molecule has 2 heterocycles. The van der Waals surface area contributed by atoms with Crippen LogP contribution in [0.25, 0.3) is 10.4 Å². The molecule has 1 saturated heterocycles. The van der Waals surface area contributed by atoms with E-state index in [2.05, 4.69) is 30.2 Å². The molecule has 168 valence electrons. The molecule has 0 saturated carbocycles. The molecule has 0 aromatic carbocycles. The third kappa shape index (κ3) is 5.92. The Morgan fingerprint density at radius 3 is 2.74 bits per heavy atom. The Morgan fingerprint density at radius 1 is 1.48 bits per heavy atom. The second kappa shape index (κ2) is 9.89. The van der Waals surface area contributed by atoms with Gasteiger partial charge in [-0.2, -0.15) is 8.42 Å².